The third-order valence-electron chi connectivity index (χ3n) is 3.73. The minimum atomic E-state index is 0.740. The fourth-order valence-corrected chi connectivity index (χ4v) is 2.77. The van der Waals surface area contributed by atoms with Crippen molar-refractivity contribution in [1.82, 2.24) is 15.1 Å². The number of nitrogens with zero attached hydrogens (tertiary/aromatic N) is 2. The van der Waals surface area contributed by atoms with Crippen LogP contribution in [-0.4, -0.2) is 30.5 Å². The number of rotatable bonds is 3. The lowest BCUT2D eigenvalue weighted by Gasteiger charge is -2.14. The molecule has 1 aliphatic heterocycles. The molecule has 0 saturated heterocycles. The Kier molecular flexibility index (Phi) is 3.36. The monoisotopic (exact) mass is 273 g/mol. The van der Waals surface area contributed by atoms with Crippen molar-refractivity contribution in [3.05, 3.63) is 29.5 Å². The molecular weight excluding hydrogens is 254 g/mol. The van der Waals surface area contributed by atoms with E-state index in [2.05, 4.69) is 10.4 Å². The second-order valence-electron chi connectivity index (χ2n) is 4.89. The minimum absolute atomic E-state index is 0.740. The average molecular weight is 273 g/mol. The summed E-state index contributed by atoms with van der Waals surface area (Å²) in [4.78, 5) is 0. The number of fused-ring (bicyclic) bond motifs is 1. The van der Waals surface area contributed by atoms with Gasteiger partial charge in [0.25, 0.3) is 0 Å². The summed E-state index contributed by atoms with van der Waals surface area (Å²) in [6, 6.07) is 5.99. The normalized spacial score (nSPS) is 13.9. The molecule has 0 unspecified atom stereocenters. The molecule has 1 aromatic heterocycles. The maximum absolute atomic E-state index is 5.39. The molecule has 2 heterocycles. The van der Waals surface area contributed by atoms with E-state index < -0.39 is 0 Å². The SMILES string of the molecule is COc1ccc(-c2c3c(nn2C)CCNC3)cc1OC. The lowest BCUT2D eigenvalue weighted by atomic mass is 10.0. The maximum Gasteiger partial charge on any atom is 0.161 e. The van der Waals surface area contributed by atoms with Gasteiger partial charge in [-0.3, -0.25) is 4.68 Å². The number of ether oxygens (including phenoxy) is 2. The van der Waals surface area contributed by atoms with Crippen LogP contribution in [0, 0.1) is 0 Å². The van der Waals surface area contributed by atoms with Gasteiger partial charge in [0.2, 0.25) is 0 Å². The topological polar surface area (TPSA) is 48.3 Å². The highest BCUT2D eigenvalue weighted by molar-refractivity contribution is 5.68. The van der Waals surface area contributed by atoms with Crippen molar-refractivity contribution < 1.29 is 9.47 Å². The molecule has 0 amide bonds. The summed E-state index contributed by atoms with van der Waals surface area (Å²) >= 11 is 0. The van der Waals surface area contributed by atoms with Gasteiger partial charge in [-0.2, -0.15) is 5.10 Å². The summed E-state index contributed by atoms with van der Waals surface area (Å²) in [6.07, 6.45) is 0.983. The van der Waals surface area contributed by atoms with Crippen LogP contribution in [-0.2, 0) is 20.0 Å². The lowest BCUT2D eigenvalue weighted by Crippen LogP contribution is -2.23. The third kappa shape index (κ3) is 2.04. The first-order valence-corrected chi connectivity index (χ1v) is 6.72. The first-order chi connectivity index (χ1) is 9.74. The second kappa shape index (κ2) is 5.17. The molecule has 5 nitrogen and oxygen atoms in total. The summed E-state index contributed by atoms with van der Waals surface area (Å²) in [5.74, 6) is 1.48. The van der Waals surface area contributed by atoms with Gasteiger partial charge in [-0.1, -0.05) is 0 Å². The summed E-state index contributed by atoms with van der Waals surface area (Å²) in [7, 11) is 5.29. The zero-order valence-electron chi connectivity index (χ0n) is 12.1. The molecule has 0 spiro atoms. The van der Waals surface area contributed by atoms with E-state index >= 15 is 0 Å². The van der Waals surface area contributed by atoms with E-state index in [1.807, 2.05) is 29.9 Å². The van der Waals surface area contributed by atoms with Crippen LogP contribution in [0.15, 0.2) is 18.2 Å². The molecule has 5 heteroatoms. The second-order valence-corrected chi connectivity index (χ2v) is 4.89. The molecule has 1 N–H and O–H groups in total. The quantitative estimate of drug-likeness (QED) is 0.925. The van der Waals surface area contributed by atoms with Gasteiger partial charge >= 0.3 is 0 Å². The fraction of sp³-hybridized carbons (Fsp3) is 0.400. The molecule has 106 valence electrons. The molecule has 0 saturated carbocycles. The summed E-state index contributed by atoms with van der Waals surface area (Å²) in [6.45, 7) is 1.86. The maximum atomic E-state index is 5.39. The summed E-state index contributed by atoms with van der Waals surface area (Å²) < 4.78 is 12.6. The first-order valence-electron chi connectivity index (χ1n) is 6.72. The molecule has 3 rings (SSSR count). The van der Waals surface area contributed by atoms with Crippen molar-refractivity contribution in [3.8, 4) is 22.8 Å². The Labute approximate surface area is 118 Å². The third-order valence-corrected chi connectivity index (χ3v) is 3.73. The Morgan fingerprint density at radius 2 is 2.00 bits per heavy atom. The van der Waals surface area contributed by atoms with Gasteiger partial charge in [-0.25, -0.2) is 0 Å². The van der Waals surface area contributed by atoms with Crippen LogP contribution in [0.3, 0.4) is 0 Å². The average Bonchev–Trinajstić information content (AvgIpc) is 2.82. The predicted molar refractivity (Wildman–Crippen MR) is 77.2 cm³/mol. The van der Waals surface area contributed by atoms with Crippen LogP contribution < -0.4 is 14.8 Å². The summed E-state index contributed by atoms with van der Waals surface area (Å²) in [5, 5.41) is 8.04. The molecule has 0 atom stereocenters. The van der Waals surface area contributed by atoms with E-state index in [-0.39, 0.29) is 0 Å². The van der Waals surface area contributed by atoms with Crippen LogP contribution >= 0.6 is 0 Å². The number of aryl methyl sites for hydroxylation is 1. The number of hydrogen-bond acceptors (Lipinski definition) is 4. The zero-order valence-corrected chi connectivity index (χ0v) is 12.1. The zero-order chi connectivity index (χ0) is 14.1. The highest BCUT2D eigenvalue weighted by Crippen LogP contribution is 2.34. The van der Waals surface area contributed by atoms with E-state index in [9.17, 15) is 0 Å². The number of nitrogens with one attached hydrogen (secondary N) is 1. The molecule has 1 aliphatic rings. The fourth-order valence-electron chi connectivity index (χ4n) is 2.77. The van der Waals surface area contributed by atoms with Crippen molar-refractivity contribution in [2.75, 3.05) is 20.8 Å². The molecule has 1 aromatic carbocycles. The molecular formula is C15H19N3O2. The van der Waals surface area contributed by atoms with Crippen LogP contribution in [0.1, 0.15) is 11.3 Å². The minimum Gasteiger partial charge on any atom is -0.493 e. The van der Waals surface area contributed by atoms with Crippen LogP contribution in [0.2, 0.25) is 0 Å². The van der Waals surface area contributed by atoms with E-state index in [0.717, 1.165) is 42.3 Å². The van der Waals surface area contributed by atoms with Gasteiger partial charge in [-0.15, -0.1) is 0 Å². The lowest BCUT2D eigenvalue weighted by molar-refractivity contribution is 0.355. The van der Waals surface area contributed by atoms with Crippen LogP contribution in [0.4, 0.5) is 0 Å². The van der Waals surface area contributed by atoms with Crippen molar-refractivity contribution >= 4 is 0 Å². The van der Waals surface area contributed by atoms with Gasteiger partial charge < -0.3 is 14.8 Å². The Morgan fingerprint density at radius 1 is 1.20 bits per heavy atom. The molecule has 0 bridgehead atoms. The molecule has 0 fully saturated rings. The standard InChI is InChI=1S/C15H19N3O2/c1-18-15(11-9-16-7-6-12(11)17-18)10-4-5-13(19-2)14(8-10)20-3/h4-5,8,16H,6-7,9H2,1-3H3. The molecule has 0 aliphatic carbocycles. The molecule has 2 aromatic rings. The van der Waals surface area contributed by atoms with Crippen molar-refractivity contribution in [1.29, 1.82) is 0 Å². The number of aromatic nitrogens is 2. The van der Waals surface area contributed by atoms with Crippen molar-refractivity contribution in [2.24, 2.45) is 7.05 Å². The highest BCUT2D eigenvalue weighted by Gasteiger charge is 2.20. The van der Waals surface area contributed by atoms with Gasteiger partial charge in [0.1, 0.15) is 0 Å². The van der Waals surface area contributed by atoms with Crippen molar-refractivity contribution in [3.63, 3.8) is 0 Å². The van der Waals surface area contributed by atoms with Gasteiger partial charge in [-0.05, 0) is 18.2 Å². The summed E-state index contributed by atoms with van der Waals surface area (Å²) in [5.41, 5.74) is 4.72. The smallest absolute Gasteiger partial charge is 0.161 e. The van der Waals surface area contributed by atoms with Gasteiger partial charge in [0.15, 0.2) is 11.5 Å². The van der Waals surface area contributed by atoms with E-state index in [4.69, 9.17) is 9.47 Å². The Hall–Kier alpha value is -2.01. The number of hydrogen-bond donors (Lipinski definition) is 1. The Balaban J connectivity index is 2.11. The predicted octanol–water partition coefficient (Wildman–Crippen LogP) is 1.75. The Morgan fingerprint density at radius 3 is 2.75 bits per heavy atom. The molecule has 20 heavy (non-hydrogen) atoms. The highest BCUT2D eigenvalue weighted by atomic mass is 16.5. The largest absolute Gasteiger partial charge is 0.493 e. The van der Waals surface area contributed by atoms with Crippen LogP contribution in [0.5, 0.6) is 11.5 Å². The number of methoxy groups -OCH3 is 2. The van der Waals surface area contributed by atoms with Crippen LogP contribution in [0.25, 0.3) is 11.3 Å². The van der Waals surface area contributed by atoms with E-state index in [1.54, 1.807) is 14.2 Å². The first kappa shape index (κ1) is 13.0. The Bertz CT molecular complexity index is 634. The molecule has 0 radical (unpaired) electrons. The van der Waals surface area contributed by atoms with Gasteiger partial charge in [0.05, 0.1) is 25.6 Å². The number of benzene rings is 1. The van der Waals surface area contributed by atoms with Gasteiger partial charge in [0, 0.05) is 37.7 Å². The van der Waals surface area contributed by atoms with E-state index in [0.29, 0.717) is 0 Å². The van der Waals surface area contributed by atoms with E-state index in [1.165, 1.54) is 11.3 Å². The van der Waals surface area contributed by atoms with Crippen molar-refractivity contribution in [2.45, 2.75) is 13.0 Å².